The predicted octanol–water partition coefficient (Wildman–Crippen LogP) is 2.31. The number of rotatable bonds is 6. The van der Waals surface area contributed by atoms with E-state index in [0.717, 1.165) is 5.56 Å². The van der Waals surface area contributed by atoms with Gasteiger partial charge >= 0.3 is 0 Å². The van der Waals surface area contributed by atoms with Crippen LogP contribution in [0.4, 0.5) is 5.69 Å². The van der Waals surface area contributed by atoms with E-state index < -0.39 is 4.92 Å². The number of halogens is 1. The lowest BCUT2D eigenvalue weighted by atomic mass is 10.2. The fraction of sp³-hybridized carbons (Fsp3) is 0.462. The lowest BCUT2D eigenvalue weighted by Gasteiger charge is -2.18. The normalized spacial score (nSPS) is 10.9. The van der Waals surface area contributed by atoms with Gasteiger partial charge in [-0.05, 0) is 42.4 Å². The summed E-state index contributed by atoms with van der Waals surface area (Å²) in [7, 11) is 1.80. The van der Waals surface area contributed by atoms with Crippen molar-refractivity contribution in [2.45, 2.75) is 26.4 Å². The highest BCUT2D eigenvalue weighted by molar-refractivity contribution is 9.10. The lowest BCUT2D eigenvalue weighted by Crippen LogP contribution is -2.38. The number of hydrogen-bond donors (Lipinski definition) is 1. The molecule has 0 fully saturated rings. The maximum atomic E-state index is 11.6. The zero-order chi connectivity index (χ0) is 15.3. The van der Waals surface area contributed by atoms with E-state index >= 15 is 0 Å². The molecule has 0 spiro atoms. The Balaban J connectivity index is 2.71. The van der Waals surface area contributed by atoms with E-state index in [0.29, 0.717) is 11.0 Å². The molecule has 1 N–H and O–H groups in total. The van der Waals surface area contributed by atoms with E-state index in [9.17, 15) is 14.9 Å². The number of nitrogens with zero attached hydrogens (tertiary/aromatic N) is 2. The Morgan fingerprint density at radius 3 is 2.70 bits per heavy atom. The summed E-state index contributed by atoms with van der Waals surface area (Å²) in [6, 6.07) is 4.98. The second kappa shape index (κ2) is 7.35. The monoisotopic (exact) mass is 343 g/mol. The lowest BCUT2D eigenvalue weighted by molar-refractivity contribution is -0.385. The molecule has 0 radical (unpaired) electrons. The van der Waals surface area contributed by atoms with Gasteiger partial charge in [0.05, 0.1) is 15.9 Å². The molecule has 1 aromatic rings. The topological polar surface area (TPSA) is 75.5 Å². The molecule has 0 aromatic heterocycles. The second-order valence-electron chi connectivity index (χ2n) is 4.90. The van der Waals surface area contributed by atoms with Crippen molar-refractivity contribution in [2.75, 3.05) is 13.6 Å². The average molecular weight is 344 g/mol. The molecule has 110 valence electrons. The number of hydrogen-bond acceptors (Lipinski definition) is 4. The zero-order valence-corrected chi connectivity index (χ0v) is 13.3. The van der Waals surface area contributed by atoms with E-state index in [4.69, 9.17) is 0 Å². The summed E-state index contributed by atoms with van der Waals surface area (Å²) in [6.07, 6.45) is 0. The Bertz CT molecular complexity index is 506. The van der Waals surface area contributed by atoms with Crippen molar-refractivity contribution in [3.63, 3.8) is 0 Å². The van der Waals surface area contributed by atoms with Crippen LogP contribution in [0.15, 0.2) is 22.7 Å². The smallest absolute Gasteiger partial charge is 0.283 e. The van der Waals surface area contributed by atoms with Crippen molar-refractivity contribution >= 4 is 27.5 Å². The molecule has 0 atom stereocenters. The minimum atomic E-state index is -0.431. The Hall–Kier alpha value is -1.47. The number of benzene rings is 1. The van der Waals surface area contributed by atoms with Crippen LogP contribution in [-0.4, -0.2) is 35.4 Å². The highest BCUT2D eigenvalue weighted by atomic mass is 79.9. The van der Waals surface area contributed by atoms with Crippen molar-refractivity contribution in [2.24, 2.45) is 0 Å². The quantitative estimate of drug-likeness (QED) is 0.635. The first kappa shape index (κ1) is 16.6. The highest BCUT2D eigenvalue weighted by Gasteiger charge is 2.16. The zero-order valence-electron chi connectivity index (χ0n) is 11.7. The van der Waals surface area contributed by atoms with Crippen molar-refractivity contribution in [3.05, 3.63) is 38.3 Å². The van der Waals surface area contributed by atoms with Gasteiger partial charge in [0, 0.05) is 18.7 Å². The fourth-order valence-electron chi connectivity index (χ4n) is 1.79. The summed E-state index contributed by atoms with van der Waals surface area (Å²) in [6.45, 7) is 4.49. The molecule has 0 bridgehead atoms. The van der Waals surface area contributed by atoms with Crippen LogP contribution in [0.3, 0.4) is 0 Å². The van der Waals surface area contributed by atoms with Gasteiger partial charge in [-0.15, -0.1) is 0 Å². The summed E-state index contributed by atoms with van der Waals surface area (Å²) < 4.78 is 0.459. The molecule has 0 aliphatic rings. The van der Waals surface area contributed by atoms with Crippen molar-refractivity contribution in [1.29, 1.82) is 0 Å². The minimum absolute atomic E-state index is 0.0301. The molecule has 1 amide bonds. The Kier molecular flexibility index (Phi) is 6.09. The first-order chi connectivity index (χ1) is 9.31. The number of carbonyl (C=O) groups excluding carboxylic acids is 1. The van der Waals surface area contributed by atoms with E-state index in [1.54, 1.807) is 19.2 Å². The van der Waals surface area contributed by atoms with Crippen LogP contribution in [0.5, 0.6) is 0 Å². The van der Waals surface area contributed by atoms with Gasteiger partial charge in [-0.25, -0.2) is 0 Å². The maximum absolute atomic E-state index is 11.6. The van der Waals surface area contributed by atoms with Crippen LogP contribution in [0.1, 0.15) is 19.4 Å². The average Bonchev–Trinajstić information content (AvgIpc) is 2.29. The molecule has 6 nitrogen and oxygen atoms in total. The molecule has 0 heterocycles. The largest absolute Gasteiger partial charge is 0.353 e. The second-order valence-corrected chi connectivity index (χ2v) is 5.69. The summed E-state index contributed by atoms with van der Waals surface area (Å²) in [4.78, 5) is 23.9. The van der Waals surface area contributed by atoms with Crippen molar-refractivity contribution in [3.8, 4) is 0 Å². The molecular formula is C13H18BrN3O3. The van der Waals surface area contributed by atoms with E-state index in [2.05, 4.69) is 21.2 Å². The van der Waals surface area contributed by atoms with Crippen LogP contribution in [0, 0.1) is 10.1 Å². The first-order valence-corrected chi connectivity index (χ1v) is 7.00. The summed E-state index contributed by atoms with van der Waals surface area (Å²) in [5.74, 6) is -0.0657. The third kappa shape index (κ3) is 4.90. The van der Waals surface area contributed by atoms with Gasteiger partial charge in [-0.3, -0.25) is 19.8 Å². The van der Waals surface area contributed by atoms with Gasteiger partial charge in [0.15, 0.2) is 0 Å². The van der Waals surface area contributed by atoms with Crippen LogP contribution in [-0.2, 0) is 11.3 Å². The third-order valence-electron chi connectivity index (χ3n) is 2.56. The first-order valence-electron chi connectivity index (χ1n) is 6.21. The summed E-state index contributed by atoms with van der Waals surface area (Å²) in [5, 5.41) is 13.7. The van der Waals surface area contributed by atoms with Crippen LogP contribution < -0.4 is 5.32 Å². The number of carbonyl (C=O) groups is 1. The van der Waals surface area contributed by atoms with Gasteiger partial charge in [-0.1, -0.05) is 12.1 Å². The van der Waals surface area contributed by atoms with Crippen molar-refractivity contribution < 1.29 is 9.72 Å². The minimum Gasteiger partial charge on any atom is -0.353 e. The molecule has 0 aliphatic carbocycles. The van der Waals surface area contributed by atoms with Crippen LogP contribution in [0.2, 0.25) is 0 Å². The van der Waals surface area contributed by atoms with Gasteiger partial charge < -0.3 is 5.32 Å². The molecule has 0 saturated carbocycles. The van der Waals surface area contributed by atoms with E-state index in [1.165, 1.54) is 6.07 Å². The number of nitrogens with one attached hydrogen (secondary N) is 1. The Labute approximate surface area is 126 Å². The number of nitro benzene ring substituents is 1. The summed E-state index contributed by atoms with van der Waals surface area (Å²) in [5.41, 5.74) is 0.807. The fourth-order valence-corrected chi connectivity index (χ4v) is 2.32. The molecule has 1 rings (SSSR count). The van der Waals surface area contributed by atoms with Gasteiger partial charge in [-0.2, -0.15) is 0 Å². The number of likely N-dealkylation sites (N-methyl/N-ethyl adjacent to an activating group) is 1. The summed E-state index contributed by atoms with van der Waals surface area (Å²) >= 11 is 3.25. The molecule has 20 heavy (non-hydrogen) atoms. The number of nitro groups is 1. The molecular weight excluding hydrogens is 326 g/mol. The van der Waals surface area contributed by atoms with Crippen LogP contribution >= 0.6 is 15.9 Å². The molecule has 0 unspecified atom stereocenters. The SMILES string of the molecule is CC(C)NC(=O)CN(C)Cc1cccc([N+](=O)[O-])c1Br. The standard InChI is InChI=1S/C13H18BrN3O3/c1-9(2)15-12(18)8-16(3)7-10-5-4-6-11(13(10)14)17(19)20/h4-6,9H,7-8H2,1-3H3,(H,15,18). The van der Waals surface area contributed by atoms with Gasteiger partial charge in [0.25, 0.3) is 5.69 Å². The van der Waals surface area contributed by atoms with E-state index in [-0.39, 0.29) is 24.2 Å². The molecule has 0 saturated heterocycles. The van der Waals surface area contributed by atoms with Crippen molar-refractivity contribution in [1.82, 2.24) is 10.2 Å². The Morgan fingerprint density at radius 2 is 2.15 bits per heavy atom. The highest BCUT2D eigenvalue weighted by Crippen LogP contribution is 2.28. The van der Waals surface area contributed by atoms with Gasteiger partial charge in [0.2, 0.25) is 5.91 Å². The molecule has 7 heteroatoms. The van der Waals surface area contributed by atoms with E-state index in [1.807, 2.05) is 18.7 Å². The predicted molar refractivity (Wildman–Crippen MR) is 80.4 cm³/mol. The molecule has 1 aromatic carbocycles. The van der Waals surface area contributed by atoms with Crippen LogP contribution in [0.25, 0.3) is 0 Å². The molecule has 0 aliphatic heterocycles. The third-order valence-corrected chi connectivity index (χ3v) is 3.47. The maximum Gasteiger partial charge on any atom is 0.283 e. The van der Waals surface area contributed by atoms with Gasteiger partial charge in [0.1, 0.15) is 0 Å². The number of amides is 1. The Morgan fingerprint density at radius 1 is 1.50 bits per heavy atom.